The lowest BCUT2D eigenvalue weighted by Gasteiger charge is -2.26. The number of likely N-dealkylation sites (tertiary alicyclic amines) is 1. The summed E-state index contributed by atoms with van der Waals surface area (Å²) in [7, 11) is 0. The van der Waals surface area contributed by atoms with Crippen molar-refractivity contribution in [2.24, 2.45) is 5.41 Å². The van der Waals surface area contributed by atoms with Crippen LogP contribution in [0.15, 0.2) is 0 Å². The Balaban J connectivity index is 1.97. The number of nitrogens with zero attached hydrogens (tertiary/aromatic N) is 1. The van der Waals surface area contributed by atoms with E-state index in [0.717, 1.165) is 18.6 Å². The third-order valence-electron chi connectivity index (χ3n) is 7.33. The molecule has 0 spiro atoms. The van der Waals surface area contributed by atoms with Crippen molar-refractivity contribution in [2.75, 3.05) is 71.6 Å². The monoisotopic (exact) mass is 748 g/mol. The third kappa shape index (κ3) is 23.4. The number of aliphatic hydroxyl groups is 2. The molecule has 5 N–H and O–H groups in total. The summed E-state index contributed by atoms with van der Waals surface area (Å²) < 4.78 is 21.1. The van der Waals surface area contributed by atoms with Gasteiger partial charge in [0.25, 0.3) is 0 Å². The van der Waals surface area contributed by atoms with E-state index in [4.69, 9.17) is 18.9 Å². The number of rotatable bonds is 29. The molecule has 3 unspecified atom stereocenters. The van der Waals surface area contributed by atoms with Crippen molar-refractivity contribution in [1.29, 1.82) is 0 Å². The second-order valence-electron chi connectivity index (χ2n) is 13.3. The van der Waals surface area contributed by atoms with Gasteiger partial charge < -0.3 is 45.1 Å². The van der Waals surface area contributed by atoms with Crippen LogP contribution in [-0.4, -0.2) is 140 Å². The smallest absolute Gasteiger partial charge is 0.305 e. The molecule has 1 aliphatic heterocycles. The van der Waals surface area contributed by atoms with E-state index < -0.39 is 18.4 Å². The maximum atomic E-state index is 12.4. The van der Waals surface area contributed by atoms with Gasteiger partial charge in [-0.2, -0.15) is 0 Å². The number of unbranched alkanes of at least 4 members (excludes halogenated alkanes) is 1. The average Bonchev–Trinajstić information content (AvgIpc) is 3.34. The Hall–Kier alpha value is -2.83. The molecule has 5 amide bonds. The SMILES string of the molecule is CCCCSC1CC(=O)N(CCC(=O)NCCOCCOCCC(=O)NCCNC(=O)CCCC(=O)OCC(O)OC(CO)CC(C)(C)C)C1=O. The molecular weight excluding hydrogens is 688 g/mol. The quantitative estimate of drug-likeness (QED) is 0.0308. The molecule has 0 radical (unpaired) electrons. The Labute approximate surface area is 305 Å². The molecule has 294 valence electrons. The van der Waals surface area contributed by atoms with Gasteiger partial charge in [0.2, 0.25) is 29.5 Å². The van der Waals surface area contributed by atoms with Crippen LogP contribution in [0.1, 0.15) is 85.5 Å². The number of nitrogens with one attached hydrogen (secondary N) is 3. The van der Waals surface area contributed by atoms with Crippen molar-refractivity contribution < 1.29 is 57.9 Å². The van der Waals surface area contributed by atoms with Crippen LogP contribution in [0.3, 0.4) is 0 Å². The van der Waals surface area contributed by atoms with Gasteiger partial charge in [0.05, 0.1) is 44.4 Å². The lowest BCUT2D eigenvalue weighted by Crippen LogP contribution is -2.36. The zero-order chi connectivity index (χ0) is 38.1. The summed E-state index contributed by atoms with van der Waals surface area (Å²) in [6, 6.07) is 0. The molecule has 0 aromatic carbocycles. The van der Waals surface area contributed by atoms with Crippen molar-refractivity contribution in [3.05, 3.63) is 0 Å². The van der Waals surface area contributed by atoms with Crippen molar-refractivity contribution in [3.63, 3.8) is 0 Å². The average molecular weight is 749 g/mol. The lowest BCUT2D eigenvalue weighted by atomic mass is 9.89. The minimum atomic E-state index is -1.36. The predicted octanol–water partition coefficient (Wildman–Crippen LogP) is 0.655. The van der Waals surface area contributed by atoms with Crippen LogP contribution in [0.5, 0.6) is 0 Å². The number of esters is 1. The molecule has 0 aliphatic carbocycles. The van der Waals surface area contributed by atoms with Gasteiger partial charge in [0.15, 0.2) is 6.29 Å². The zero-order valence-corrected chi connectivity index (χ0v) is 31.5. The number of carbonyl (C=O) groups excluding carboxylic acids is 6. The first-order valence-corrected chi connectivity index (χ1v) is 18.8. The second kappa shape index (κ2) is 26.9. The van der Waals surface area contributed by atoms with Crippen molar-refractivity contribution in [3.8, 4) is 0 Å². The molecule has 0 bridgehead atoms. The minimum Gasteiger partial charge on any atom is -0.460 e. The molecule has 1 fully saturated rings. The van der Waals surface area contributed by atoms with E-state index in [2.05, 4.69) is 22.9 Å². The van der Waals surface area contributed by atoms with Crippen LogP contribution in [0.25, 0.3) is 0 Å². The van der Waals surface area contributed by atoms with E-state index >= 15 is 0 Å². The van der Waals surface area contributed by atoms with Crippen LogP contribution in [-0.2, 0) is 47.7 Å². The molecule has 0 aromatic heterocycles. The summed E-state index contributed by atoms with van der Waals surface area (Å²) in [5, 5.41) is 27.0. The molecule has 3 atom stereocenters. The first-order chi connectivity index (χ1) is 24.2. The van der Waals surface area contributed by atoms with Crippen LogP contribution in [0, 0.1) is 5.41 Å². The Morgan fingerprint density at radius 2 is 1.51 bits per heavy atom. The van der Waals surface area contributed by atoms with Gasteiger partial charge in [0, 0.05) is 58.3 Å². The van der Waals surface area contributed by atoms with Crippen LogP contribution < -0.4 is 16.0 Å². The van der Waals surface area contributed by atoms with Gasteiger partial charge in [-0.3, -0.25) is 33.7 Å². The van der Waals surface area contributed by atoms with E-state index in [0.29, 0.717) is 6.42 Å². The molecule has 51 heavy (non-hydrogen) atoms. The van der Waals surface area contributed by atoms with E-state index in [1.165, 1.54) is 16.7 Å². The second-order valence-corrected chi connectivity index (χ2v) is 14.6. The molecule has 1 rings (SSSR count). The van der Waals surface area contributed by atoms with E-state index in [9.17, 15) is 39.0 Å². The number of thioether (sulfide) groups is 1. The maximum Gasteiger partial charge on any atom is 0.305 e. The molecule has 0 aromatic rings. The molecular formula is C34H60N4O12S. The highest BCUT2D eigenvalue weighted by Crippen LogP contribution is 2.26. The summed E-state index contributed by atoms with van der Waals surface area (Å²) in [4.78, 5) is 73.7. The fourth-order valence-corrected chi connectivity index (χ4v) is 6.02. The van der Waals surface area contributed by atoms with E-state index in [1.54, 1.807) is 0 Å². The van der Waals surface area contributed by atoms with Gasteiger partial charge >= 0.3 is 5.97 Å². The highest BCUT2D eigenvalue weighted by Gasteiger charge is 2.38. The minimum absolute atomic E-state index is 0.0177. The van der Waals surface area contributed by atoms with Crippen molar-refractivity contribution in [2.45, 2.75) is 103 Å². The standard InChI is InChI=1S/C34H60N4O12S/c1-5-6-20-51-26-21-30(43)38(33(26)46)15-10-28(41)37-14-17-48-19-18-47-16-11-29(42)36-13-12-35-27(40)8-7-9-31(44)49-24-32(45)50-25(23-39)22-34(2,3)4/h25-26,32,39,45H,5-24H2,1-4H3,(H,35,40)(H,36,42)(H,37,41). The first kappa shape index (κ1) is 46.2. The Bertz CT molecular complexity index is 1070. The lowest BCUT2D eigenvalue weighted by molar-refractivity contribution is -0.187. The highest BCUT2D eigenvalue weighted by atomic mass is 32.2. The molecule has 1 aliphatic rings. The Morgan fingerprint density at radius 3 is 2.16 bits per heavy atom. The van der Waals surface area contributed by atoms with Gasteiger partial charge in [-0.25, -0.2) is 0 Å². The van der Waals surface area contributed by atoms with Crippen LogP contribution >= 0.6 is 11.8 Å². The van der Waals surface area contributed by atoms with E-state index in [-0.39, 0.29) is 145 Å². The van der Waals surface area contributed by atoms with Gasteiger partial charge in [-0.15, -0.1) is 11.8 Å². The van der Waals surface area contributed by atoms with Gasteiger partial charge in [-0.1, -0.05) is 34.1 Å². The van der Waals surface area contributed by atoms with Gasteiger partial charge in [0.1, 0.15) is 6.61 Å². The van der Waals surface area contributed by atoms with Crippen molar-refractivity contribution >= 4 is 47.3 Å². The number of aliphatic hydroxyl groups excluding tert-OH is 2. The number of hydrogen-bond donors (Lipinski definition) is 5. The summed E-state index contributed by atoms with van der Waals surface area (Å²) >= 11 is 1.50. The summed E-state index contributed by atoms with van der Waals surface area (Å²) in [5.41, 5.74) is -0.113. The highest BCUT2D eigenvalue weighted by molar-refractivity contribution is 8.00. The van der Waals surface area contributed by atoms with E-state index in [1.807, 2.05) is 20.8 Å². The molecule has 17 heteroatoms. The topological polar surface area (TPSA) is 219 Å². The molecule has 1 saturated heterocycles. The summed E-state index contributed by atoms with van der Waals surface area (Å²) in [5.74, 6) is -0.983. The first-order valence-electron chi connectivity index (χ1n) is 17.8. The Kier molecular flexibility index (Phi) is 24.3. The number of ether oxygens (including phenoxy) is 4. The zero-order valence-electron chi connectivity index (χ0n) is 30.7. The number of amides is 5. The Morgan fingerprint density at radius 1 is 0.882 bits per heavy atom. The largest absolute Gasteiger partial charge is 0.460 e. The number of hydrogen-bond acceptors (Lipinski definition) is 13. The molecule has 0 saturated carbocycles. The number of imide groups is 1. The van der Waals surface area contributed by atoms with Crippen LogP contribution in [0.4, 0.5) is 0 Å². The van der Waals surface area contributed by atoms with Crippen LogP contribution in [0.2, 0.25) is 0 Å². The maximum absolute atomic E-state index is 12.4. The molecule has 16 nitrogen and oxygen atoms in total. The number of carbonyl (C=O) groups is 6. The fourth-order valence-electron chi connectivity index (χ4n) is 4.75. The summed E-state index contributed by atoms with van der Waals surface area (Å²) in [6.45, 7) is 9.13. The normalized spacial score (nSPS) is 15.8. The van der Waals surface area contributed by atoms with Gasteiger partial charge in [-0.05, 0) is 30.4 Å². The fraction of sp³-hybridized carbons (Fsp3) is 0.824. The molecule has 1 heterocycles. The third-order valence-corrected chi connectivity index (χ3v) is 8.63. The predicted molar refractivity (Wildman–Crippen MR) is 189 cm³/mol. The van der Waals surface area contributed by atoms with Crippen molar-refractivity contribution in [1.82, 2.24) is 20.9 Å². The summed E-state index contributed by atoms with van der Waals surface area (Å²) in [6.07, 6.45) is 1.27.